The molecule has 2 nitrogen and oxygen atoms in total. The molecular formula is C19H24N2. The highest BCUT2D eigenvalue weighted by atomic mass is 15.1. The van der Waals surface area contributed by atoms with Gasteiger partial charge in [0.1, 0.15) is 0 Å². The summed E-state index contributed by atoms with van der Waals surface area (Å²) in [6.07, 6.45) is 2.11. The van der Waals surface area contributed by atoms with Gasteiger partial charge < -0.3 is 10.6 Å². The van der Waals surface area contributed by atoms with Gasteiger partial charge >= 0.3 is 0 Å². The number of nitrogens with one attached hydrogen (secondary N) is 2. The quantitative estimate of drug-likeness (QED) is 0.900. The molecule has 1 saturated heterocycles. The van der Waals surface area contributed by atoms with E-state index >= 15 is 0 Å². The summed E-state index contributed by atoms with van der Waals surface area (Å²) in [5, 5.41) is 7.47. The minimum absolute atomic E-state index is 0.0976. The zero-order chi connectivity index (χ0) is 14.5. The first-order valence-electron chi connectivity index (χ1n) is 7.82. The molecule has 3 rings (SSSR count). The van der Waals surface area contributed by atoms with E-state index in [1.807, 2.05) is 0 Å². The van der Waals surface area contributed by atoms with E-state index in [1.54, 1.807) is 0 Å². The summed E-state index contributed by atoms with van der Waals surface area (Å²) in [4.78, 5) is 0. The van der Waals surface area contributed by atoms with Crippen LogP contribution in [-0.2, 0) is 12.8 Å². The largest absolute Gasteiger partial charge is 0.313 e. The summed E-state index contributed by atoms with van der Waals surface area (Å²) in [5.41, 5.74) is 2.90. The Balaban J connectivity index is 1.84. The highest BCUT2D eigenvalue weighted by Gasteiger charge is 2.34. The van der Waals surface area contributed by atoms with Gasteiger partial charge in [-0.15, -0.1) is 0 Å². The third-order valence-corrected chi connectivity index (χ3v) is 4.24. The smallest absolute Gasteiger partial charge is 0.0389 e. The van der Waals surface area contributed by atoms with Crippen molar-refractivity contribution in [2.24, 2.45) is 0 Å². The molecule has 0 spiro atoms. The molecule has 0 amide bonds. The number of piperazine rings is 1. The van der Waals surface area contributed by atoms with Crippen molar-refractivity contribution in [3.63, 3.8) is 0 Å². The standard InChI is InChI=1S/C19H24N2/c1-16-14-20-15-19(21-16,12-17-8-4-2-5-9-17)13-18-10-6-3-7-11-18/h2-11,16,20-21H,12-15H2,1H3. The summed E-state index contributed by atoms with van der Waals surface area (Å²) in [5.74, 6) is 0. The molecular weight excluding hydrogens is 256 g/mol. The van der Waals surface area contributed by atoms with Crippen LogP contribution >= 0.6 is 0 Å². The fourth-order valence-corrected chi connectivity index (χ4v) is 3.42. The van der Waals surface area contributed by atoms with E-state index < -0.39 is 0 Å². The second-order valence-electron chi connectivity index (χ2n) is 6.28. The Bertz CT molecular complexity index is 509. The average Bonchev–Trinajstić information content (AvgIpc) is 2.49. The predicted molar refractivity (Wildman–Crippen MR) is 88.5 cm³/mol. The molecule has 1 fully saturated rings. The number of rotatable bonds is 4. The van der Waals surface area contributed by atoms with Crippen LogP contribution in [0.1, 0.15) is 18.1 Å². The van der Waals surface area contributed by atoms with Crippen LogP contribution in [0.25, 0.3) is 0 Å². The SMILES string of the molecule is CC1CNCC(Cc2ccccc2)(Cc2ccccc2)N1. The van der Waals surface area contributed by atoms with Crippen LogP contribution in [0.5, 0.6) is 0 Å². The molecule has 1 aliphatic rings. The van der Waals surface area contributed by atoms with Gasteiger partial charge in [0.15, 0.2) is 0 Å². The lowest BCUT2D eigenvalue weighted by Crippen LogP contribution is -2.65. The molecule has 0 aromatic heterocycles. The molecule has 0 bridgehead atoms. The average molecular weight is 280 g/mol. The normalized spacial score (nSPS) is 21.1. The van der Waals surface area contributed by atoms with Crippen molar-refractivity contribution in [2.75, 3.05) is 13.1 Å². The molecule has 21 heavy (non-hydrogen) atoms. The van der Waals surface area contributed by atoms with Crippen molar-refractivity contribution in [1.29, 1.82) is 0 Å². The molecule has 2 heteroatoms. The van der Waals surface area contributed by atoms with Gasteiger partial charge in [0.2, 0.25) is 0 Å². The lowest BCUT2D eigenvalue weighted by atomic mass is 9.82. The predicted octanol–water partition coefficient (Wildman–Crippen LogP) is 2.79. The fraction of sp³-hybridized carbons (Fsp3) is 0.368. The van der Waals surface area contributed by atoms with E-state index in [1.165, 1.54) is 11.1 Å². The van der Waals surface area contributed by atoms with Crippen LogP contribution in [0.3, 0.4) is 0 Å². The first-order chi connectivity index (χ1) is 10.3. The van der Waals surface area contributed by atoms with Crippen molar-refractivity contribution in [2.45, 2.75) is 31.3 Å². The summed E-state index contributed by atoms with van der Waals surface area (Å²) in [6.45, 7) is 4.32. The van der Waals surface area contributed by atoms with E-state index in [9.17, 15) is 0 Å². The van der Waals surface area contributed by atoms with E-state index in [4.69, 9.17) is 0 Å². The summed E-state index contributed by atoms with van der Waals surface area (Å²) in [6, 6.07) is 22.1. The van der Waals surface area contributed by atoms with Crippen molar-refractivity contribution < 1.29 is 0 Å². The lowest BCUT2D eigenvalue weighted by molar-refractivity contribution is 0.227. The highest BCUT2D eigenvalue weighted by Crippen LogP contribution is 2.21. The van der Waals surface area contributed by atoms with Gasteiger partial charge in [-0.3, -0.25) is 0 Å². The second-order valence-corrected chi connectivity index (χ2v) is 6.28. The van der Waals surface area contributed by atoms with E-state index in [0.717, 1.165) is 25.9 Å². The lowest BCUT2D eigenvalue weighted by Gasteiger charge is -2.42. The minimum Gasteiger partial charge on any atom is -0.313 e. The van der Waals surface area contributed by atoms with Crippen LogP contribution < -0.4 is 10.6 Å². The molecule has 2 N–H and O–H groups in total. The van der Waals surface area contributed by atoms with Crippen molar-refractivity contribution in [3.05, 3.63) is 71.8 Å². The van der Waals surface area contributed by atoms with Gasteiger partial charge in [-0.2, -0.15) is 0 Å². The van der Waals surface area contributed by atoms with Gasteiger partial charge in [0.25, 0.3) is 0 Å². The summed E-state index contributed by atoms with van der Waals surface area (Å²) in [7, 11) is 0. The van der Waals surface area contributed by atoms with Gasteiger partial charge in [-0.1, -0.05) is 60.7 Å². The second kappa shape index (κ2) is 6.42. The Kier molecular flexibility index (Phi) is 4.37. The molecule has 1 heterocycles. The molecule has 1 unspecified atom stereocenters. The van der Waals surface area contributed by atoms with Crippen molar-refractivity contribution >= 4 is 0 Å². The minimum atomic E-state index is 0.0976. The van der Waals surface area contributed by atoms with Gasteiger partial charge in [-0.05, 0) is 30.9 Å². The maximum atomic E-state index is 3.86. The summed E-state index contributed by atoms with van der Waals surface area (Å²) >= 11 is 0. The maximum absolute atomic E-state index is 3.86. The van der Waals surface area contributed by atoms with Crippen LogP contribution in [0.4, 0.5) is 0 Å². The van der Waals surface area contributed by atoms with Gasteiger partial charge in [-0.25, -0.2) is 0 Å². The fourth-order valence-electron chi connectivity index (χ4n) is 3.42. The Hall–Kier alpha value is -1.64. The zero-order valence-corrected chi connectivity index (χ0v) is 12.7. The number of hydrogen-bond acceptors (Lipinski definition) is 2. The van der Waals surface area contributed by atoms with Crippen LogP contribution in [-0.4, -0.2) is 24.7 Å². The number of benzene rings is 2. The van der Waals surface area contributed by atoms with Crippen molar-refractivity contribution in [1.82, 2.24) is 10.6 Å². The maximum Gasteiger partial charge on any atom is 0.0389 e. The van der Waals surface area contributed by atoms with E-state index in [-0.39, 0.29) is 5.54 Å². The van der Waals surface area contributed by atoms with Crippen LogP contribution in [0, 0.1) is 0 Å². The van der Waals surface area contributed by atoms with Crippen molar-refractivity contribution in [3.8, 4) is 0 Å². The Morgan fingerprint density at radius 2 is 1.43 bits per heavy atom. The zero-order valence-electron chi connectivity index (χ0n) is 12.7. The Morgan fingerprint density at radius 1 is 0.905 bits per heavy atom. The van der Waals surface area contributed by atoms with E-state index in [2.05, 4.69) is 78.2 Å². The van der Waals surface area contributed by atoms with Crippen LogP contribution in [0.2, 0.25) is 0 Å². The Labute approximate surface area is 127 Å². The van der Waals surface area contributed by atoms with Gasteiger partial charge in [0.05, 0.1) is 0 Å². The molecule has 1 aliphatic heterocycles. The molecule has 110 valence electrons. The highest BCUT2D eigenvalue weighted by molar-refractivity contribution is 5.24. The molecule has 0 saturated carbocycles. The summed E-state index contributed by atoms with van der Waals surface area (Å²) < 4.78 is 0. The molecule has 2 aromatic carbocycles. The monoisotopic (exact) mass is 280 g/mol. The molecule has 1 atom stereocenters. The Morgan fingerprint density at radius 3 is 1.90 bits per heavy atom. The third kappa shape index (κ3) is 3.72. The first-order valence-corrected chi connectivity index (χ1v) is 7.82. The molecule has 2 aromatic rings. The molecule has 0 radical (unpaired) electrons. The number of hydrogen-bond donors (Lipinski definition) is 2. The third-order valence-electron chi connectivity index (χ3n) is 4.24. The first kappa shape index (κ1) is 14.3. The van der Waals surface area contributed by atoms with Crippen LogP contribution in [0.15, 0.2) is 60.7 Å². The topological polar surface area (TPSA) is 24.1 Å². The molecule has 0 aliphatic carbocycles. The van der Waals surface area contributed by atoms with Gasteiger partial charge in [0, 0.05) is 24.7 Å². The van der Waals surface area contributed by atoms with E-state index in [0.29, 0.717) is 6.04 Å².